The highest BCUT2D eigenvalue weighted by Gasteiger charge is 2.32. The van der Waals surface area contributed by atoms with Gasteiger partial charge in [-0.1, -0.05) is 29.3 Å². The van der Waals surface area contributed by atoms with E-state index in [9.17, 15) is 14.4 Å². The number of halogens is 2. The number of benzene rings is 2. The number of fused-ring (bicyclic) bond motifs is 1. The van der Waals surface area contributed by atoms with Crippen LogP contribution in [0.15, 0.2) is 71.7 Å². The van der Waals surface area contributed by atoms with Crippen LogP contribution in [0, 0.1) is 0 Å². The van der Waals surface area contributed by atoms with Crippen LogP contribution in [0.1, 0.15) is 57.6 Å². The molecule has 41 heavy (non-hydrogen) atoms. The Labute approximate surface area is 247 Å². The Kier molecular flexibility index (Phi) is 8.10. The number of hydrogen-bond donors (Lipinski definition) is 2. The maximum absolute atomic E-state index is 14.1. The number of nitrogens with one attached hydrogen (secondary N) is 2. The summed E-state index contributed by atoms with van der Waals surface area (Å²) in [5.41, 5.74) is 2.99. The number of aromatic nitrogens is 3. The van der Waals surface area contributed by atoms with Gasteiger partial charge in [0.05, 0.1) is 39.7 Å². The average molecular weight is 591 g/mol. The largest absolute Gasteiger partial charge is 0.355 e. The Morgan fingerprint density at radius 1 is 1.02 bits per heavy atom. The van der Waals surface area contributed by atoms with Crippen molar-refractivity contribution < 1.29 is 9.59 Å². The van der Waals surface area contributed by atoms with Gasteiger partial charge < -0.3 is 15.5 Å². The molecule has 0 aliphatic carbocycles. The van der Waals surface area contributed by atoms with E-state index in [-0.39, 0.29) is 36.0 Å². The molecule has 0 radical (unpaired) electrons. The quantitative estimate of drug-likeness (QED) is 0.325. The van der Waals surface area contributed by atoms with Gasteiger partial charge in [-0.2, -0.15) is 0 Å². The summed E-state index contributed by atoms with van der Waals surface area (Å²) in [5.74, 6) is -0.153. The van der Waals surface area contributed by atoms with E-state index >= 15 is 0 Å². The molecular formula is C30H28Cl2N6O3. The van der Waals surface area contributed by atoms with Gasteiger partial charge in [0.15, 0.2) is 0 Å². The lowest BCUT2D eigenvalue weighted by Gasteiger charge is -2.35. The van der Waals surface area contributed by atoms with E-state index in [0.717, 1.165) is 5.69 Å². The normalized spacial score (nSPS) is 15.1. The molecule has 4 aromatic rings. The topological polar surface area (TPSA) is 109 Å². The second-order valence-corrected chi connectivity index (χ2v) is 10.7. The van der Waals surface area contributed by atoms with Gasteiger partial charge in [0.1, 0.15) is 0 Å². The van der Waals surface area contributed by atoms with Crippen LogP contribution in [0.2, 0.25) is 10.0 Å². The van der Waals surface area contributed by atoms with Crippen molar-refractivity contribution in [3.05, 3.63) is 115 Å². The van der Waals surface area contributed by atoms with Crippen LogP contribution in [0.4, 0.5) is 5.95 Å². The van der Waals surface area contributed by atoms with Crippen molar-refractivity contribution in [2.45, 2.75) is 38.9 Å². The Morgan fingerprint density at radius 2 is 1.76 bits per heavy atom. The summed E-state index contributed by atoms with van der Waals surface area (Å²) >= 11 is 12.2. The molecule has 11 heteroatoms. The van der Waals surface area contributed by atoms with Crippen molar-refractivity contribution in [3.63, 3.8) is 0 Å². The molecule has 3 heterocycles. The average Bonchev–Trinajstić information content (AvgIpc) is 2.98. The molecule has 0 saturated heterocycles. The van der Waals surface area contributed by atoms with Crippen LogP contribution >= 0.6 is 23.2 Å². The van der Waals surface area contributed by atoms with Crippen molar-refractivity contribution in [3.8, 4) is 5.69 Å². The molecule has 5 rings (SSSR count). The molecule has 1 aliphatic heterocycles. The number of carbonyl (C=O) groups excluding carboxylic acids is 2. The molecule has 2 atom stereocenters. The molecule has 0 bridgehead atoms. The predicted octanol–water partition coefficient (Wildman–Crippen LogP) is 5.05. The van der Waals surface area contributed by atoms with Gasteiger partial charge in [0, 0.05) is 36.0 Å². The molecule has 0 saturated carbocycles. The van der Waals surface area contributed by atoms with Crippen molar-refractivity contribution in [2.24, 2.45) is 0 Å². The Hall–Kier alpha value is -4.21. The molecule has 0 fully saturated rings. The molecule has 9 nitrogen and oxygen atoms in total. The lowest BCUT2D eigenvalue weighted by Crippen LogP contribution is -2.46. The van der Waals surface area contributed by atoms with E-state index in [4.69, 9.17) is 28.2 Å². The molecule has 0 unspecified atom stereocenters. The van der Waals surface area contributed by atoms with E-state index in [2.05, 4.69) is 15.6 Å². The first-order chi connectivity index (χ1) is 19.7. The van der Waals surface area contributed by atoms with Gasteiger partial charge in [-0.25, -0.2) is 9.55 Å². The van der Waals surface area contributed by atoms with Crippen molar-refractivity contribution in [2.75, 3.05) is 12.4 Å². The third kappa shape index (κ3) is 5.68. The summed E-state index contributed by atoms with van der Waals surface area (Å²) in [6, 6.07) is 16.6. The van der Waals surface area contributed by atoms with Crippen LogP contribution in [0.25, 0.3) is 5.69 Å². The monoisotopic (exact) mass is 590 g/mol. The van der Waals surface area contributed by atoms with Crippen molar-refractivity contribution >= 4 is 41.0 Å². The molecule has 2 N–H and O–H groups in total. The molecule has 210 valence electrons. The van der Waals surface area contributed by atoms with Crippen LogP contribution in [0.5, 0.6) is 0 Å². The zero-order chi connectivity index (χ0) is 29.3. The van der Waals surface area contributed by atoms with Gasteiger partial charge in [-0.05, 0) is 74.9 Å². The number of carbonyl (C=O) groups is 2. The lowest BCUT2D eigenvalue weighted by molar-refractivity contribution is 0.0653. The zero-order valence-electron chi connectivity index (χ0n) is 22.7. The van der Waals surface area contributed by atoms with E-state index in [1.165, 1.54) is 4.57 Å². The van der Waals surface area contributed by atoms with Crippen LogP contribution in [0.3, 0.4) is 0 Å². The number of amides is 2. The first-order valence-electron chi connectivity index (χ1n) is 13.1. The van der Waals surface area contributed by atoms with Crippen LogP contribution < -0.4 is 16.2 Å². The number of pyridine rings is 1. The van der Waals surface area contributed by atoms with Crippen molar-refractivity contribution in [1.82, 2.24) is 24.8 Å². The third-order valence-corrected chi connectivity index (χ3v) is 7.87. The van der Waals surface area contributed by atoms with Gasteiger partial charge in [-0.3, -0.25) is 19.4 Å². The minimum Gasteiger partial charge on any atom is -0.355 e. The molecule has 2 amide bonds. The number of anilines is 1. The van der Waals surface area contributed by atoms with E-state index in [1.807, 2.05) is 32.0 Å². The van der Waals surface area contributed by atoms with E-state index < -0.39 is 0 Å². The third-order valence-electron chi connectivity index (χ3n) is 7.13. The lowest BCUT2D eigenvalue weighted by atomic mass is 9.98. The summed E-state index contributed by atoms with van der Waals surface area (Å²) in [6.45, 7) is 3.97. The van der Waals surface area contributed by atoms with Gasteiger partial charge in [-0.15, -0.1) is 0 Å². The maximum Gasteiger partial charge on any atom is 0.263 e. The van der Waals surface area contributed by atoms with Gasteiger partial charge >= 0.3 is 0 Å². The standard InChI is InChI=1S/C30H28Cl2N6O3/c1-17-14-22-26(16-37(17)28(40)20-9-12-23(31)24(32)15-20)36-30(35-18(2)25-6-4-5-13-34-25)38(29(22)41)21-10-7-19(8-11-21)27(39)33-3/h4-13,15,17-18H,14,16H2,1-3H3,(H,33,39)(H,35,36)/t17-,18-/m1/s1. The van der Waals surface area contributed by atoms with Gasteiger partial charge in [0.2, 0.25) is 5.95 Å². The van der Waals surface area contributed by atoms with Crippen LogP contribution in [-0.2, 0) is 13.0 Å². The van der Waals surface area contributed by atoms with Crippen molar-refractivity contribution in [1.29, 1.82) is 0 Å². The smallest absolute Gasteiger partial charge is 0.263 e. The summed E-state index contributed by atoms with van der Waals surface area (Å²) < 4.78 is 1.51. The Balaban J connectivity index is 1.57. The SMILES string of the molecule is CNC(=O)c1ccc(-n2c(N[C@H](C)c3ccccn3)nc3c(c2=O)C[C@@H](C)N(C(=O)c2ccc(Cl)c(Cl)c2)C3)cc1. The number of nitrogens with zero attached hydrogens (tertiary/aromatic N) is 4. The summed E-state index contributed by atoms with van der Waals surface area (Å²) in [6.07, 6.45) is 2.02. The Bertz CT molecular complexity index is 1670. The van der Waals surface area contributed by atoms with Crippen LogP contribution in [-0.4, -0.2) is 44.3 Å². The highest BCUT2D eigenvalue weighted by atomic mass is 35.5. The van der Waals surface area contributed by atoms with E-state index in [0.29, 0.717) is 50.5 Å². The fourth-order valence-electron chi connectivity index (χ4n) is 4.87. The highest BCUT2D eigenvalue weighted by Crippen LogP contribution is 2.28. The second-order valence-electron chi connectivity index (χ2n) is 9.86. The highest BCUT2D eigenvalue weighted by molar-refractivity contribution is 6.42. The number of hydrogen-bond acceptors (Lipinski definition) is 6. The molecule has 2 aromatic heterocycles. The fourth-order valence-corrected chi connectivity index (χ4v) is 5.17. The summed E-state index contributed by atoms with van der Waals surface area (Å²) in [4.78, 5) is 50.6. The first kappa shape index (κ1) is 28.3. The minimum absolute atomic E-state index is 0.147. The predicted molar refractivity (Wildman–Crippen MR) is 159 cm³/mol. The first-order valence-corrected chi connectivity index (χ1v) is 13.8. The van der Waals surface area contributed by atoms with Gasteiger partial charge in [0.25, 0.3) is 17.4 Å². The number of rotatable bonds is 6. The Morgan fingerprint density at radius 3 is 2.41 bits per heavy atom. The molecule has 0 spiro atoms. The molecule has 1 aliphatic rings. The zero-order valence-corrected chi connectivity index (χ0v) is 24.2. The van der Waals surface area contributed by atoms with E-state index in [1.54, 1.807) is 60.6 Å². The summed E-state index contributed by atoms with van der Waals surface area (Å²) in [7, 11) is 1.56. The molecule has 2 aromatic carbocycles. The maximum atomic E-state index is 14.1. The minimum atomic E-state index is -0.283. The fraction of sp³-hybridized carbons (Fsp3) is 0.233. The molecular weight excluding hydrogens is 563 g/mol. The second kappa shape index (κ2) is 11.7. The summed E-state index contributed by atoms with van der Waals surface area (Å²) in [5, 5.41) is 6.60.